The molecule has 0 N–H and O–H groups in total. The first kappa shape index (κ1) is 56.2. The molecule has 0 fully saturated rings. The summed E-state index contributed by atoms with van der Waals surface area (Å²) in [5.41, 5.74) is 0. The normalized spacial score (nSPS) is 6.33. The van der Waals surface area contributed by atoms with Crippen molar-refractivity contribution >= 4 is 0 Å². The first-order valence-corrected chi connectivity index (χ1v) is 2.85. The van der Waals surface area contributed by atoms with Crippen molar-refractivity contribution in [3.05, 3.63) is 49.3 Å². The summed E-state index contributed by atoms with van der Waals surface area (Å²) in [4.78, 5) is 4.25. The van der Waals surface area contributed by atoms with Gasteiger partial charge in [0.1, 0.15) is 0 Å². The van der Waals surface area contributed by atoms with Gasteiger partial charge in [0.15, 0.2) is 0 Å². The second-order valence-corrected chi connectivity index (χ2v) is 2.15. The molecule has 0 saturated heterocycles. The van der Waals surface area contributed by atoms with Gasteiger partial charge in [-0.05, 0) is 0 Å². The second kappa shape index (κ2) is 44.2. The minimum atomic E-state index is 0. The summed E-state index contributed by atoms with van der Waals surface area (Å²) in [5, 5.41) is 0. The standard InChI is InChI=1S/C5H10N2.C3H6N.7Y/c1-6(2)5-7(3)4;1-4(2)3;;;;;;;/h1-5H2;1-3H2;;;;;;;/q-4;-3;;;;;;;. The number of rotatable bonds is 2. The number of nitrogens with zero attached hydrogens (tertiary/aromatic N) is 3. The largest absolute Gasteiger partial charge is 0.770 e. The van der Waals surface area contributed by atoms with Crippen LogP contribution in [0, 0.1) is 49.3 Å². The van der Waals surface area contributed by atoms with Gasteiger partial charge in [-0.1, -0.05) is 6.67 Å². The number of hydrogen-bond acceptors (Lipinski definition) is 3. The van der Waals surface area contributed by atoms with Gasteiger partial charge in [-0.15, -0.1) is 0 Å². The average molecular weight is 777 g/mol. The van der Waals surface area contributed by atoms with Crippen LogP contribution in [0.1, 0.15) is 0 Å². The maximum Gasteiger partial charge on any atom is 0 e. The van der Waals surface area contributed by atoms with Crippen molar-refractivity contribution < 1.29 is 229 Å². The Morgan fingerprint density at radius 1 is 0.444 bits per heavy atom. The van der Waals surface area contributed by atoms with Gasteiger partial charge in [-0.25, -0.2) is 0 Å². The van der Waals surface area contributed by atoms with Crippen molar-refractivity contribution in [2.24, 2.45) is 0 Å². The summed E-state index contributed by atoms with van der Waals surface area (Å²) in [5.74, 6) is 0. The van der Waals surface area contributed by atoms with Gasteiger partial charge >= 0.3 is 0 Å². The topological polar surface area (TPSA) is 9.72 Å². The average Bonchev–Trinajstić information content (AvgIpc) is 1.56. The van der Waals surface area contributed by atoms with Crippen LogP contribution in [0.5, 0.6) is 0 Å². The molecule has 0 aromatic rings. The molecule has 0 spiro atoms. The Morgan fingerprint density at radius 2 is 0.556 bits per heavy atom. The fourth-order valence-corrected chi connectivity index (χ4v) is 0.283. The maximum atomic E-state index is 3.48. The van der Waals surface area contributed by atoms with Crippen molar-refractivity contribution in [1.82, 2.24) is 14.7 Å². The van der Waals surface area contributed by atoms with E-state index in [1.807, 2.05) is 0 Å². The summed E-state index contributed by atoms with van der Waals surface area (Å²) in [7, 11) is 23.7. The zero-order chi connectivity index (χ0) is 9.44. The molecular weight excluding hydrogens is 760 g/mol. The quantitative estimate of drug-likeness (QED) is 0.311. The van der Waals surface area contributed by atoms with Crippen LogP contribution in [0.2, 0.25) is 0 Å². The summed E-state index contributed by atoms with van der Waals surface area (Å²) in [6, 6.07) is 0. The van der Waals surface area contributed by atoms with Crippen LogP contribution in [0.3, 0.4) is 0 Å². The molecule has 0 aliphatic carbocycles. The van der Waals surface area contributed by atoms with Crippen LogP contribution in [-0.4, -0.2) is 21.4 Å². The van der Waals surface area contributed by atoms with Crippen molar-refractivity contribution in [2.45, 2.75) is 0 Å². The van der Waals surface area contributed by atoms with E-state index in [1.54, 1.807) is 0 Å². The Bertz CT molecular complexity index is 78.3. The van der Waals surface area contributed by atoms with E-state index in [0.717, 1.165) is 0 Å². The van der Waals surface area contributed by atoms with Gasteiger partial charge in [0.2, 0.25) is 0 Å². The van der Waals surface area contributed by atoms with Gasteiger partial charge in [0.05, 0.1) is 0 Å². The molecular formula is C8H16N3Y7-7. The molecule has 0 bridgehead atoms. The monoisotopic (exact) mass is 776 g/mol. The van der Waals surface area contributed by atoms with Gasteiger partial charge < -0.3 is 64.0 Å². The summed E-state index contributed by atoms with van der Waals surface area (Å²) >= 11 is 0. The third-order valence-electron chi connectivity index (χ3n) is 0.400. The summed E-state index contributed by atoms with van der Waals surface area (Å²) < 4.78 is 0. The molecule has 0 aliphatic rings. The fourth-order valence-electron chi connectivity index (χ4n) is 0.283. The molecule has 0 atom stereocenters. The fraction of sp³-hybridized carbons (Fsp3) is 0.125. The molecule has 10 heteroatoms. The molecule has 7 radical (unpaired) electrons. The Balaban J connectivity index is -0.00000000977. The van der Waals surface area contributed by atoms with Gasteiger partial charge in [0, 0.05) is 229 Å². The summed E-state index contributed by atoms with van der Waals surface area (Å²) in [6.07, 6.45) is 0. The van der Waals surface area contributed by atoms with Crippen LogP contribution in [-0.2, 0) is 229 Å². The summed E-state index contributed by atoms with van der Waals surface area (Å²) in [6.45, 7) is 0.583. The van der Waals surface area contributed by atoms with E-state index in [-0.39, 0.29) is 229 Å². The zero-order valence-electron chi connectivity index (χ0n) is 11.0. The van der Waals surface area contributed by atoms with Crippen LogP contribution in [0.25, 0.3) is 0 Å². The van der Waals surface area contributed by atoms with E-state index in [1.165, 1.54) is 14.7 Å². The van der Waals surface area contributed by atoms with Crippen molar-refractivity contribution in [3.8, 4) is 0 Å². The van der Waals surface area contributed by atoms with Crippen LogP contribution >= 0.6 is 0 Å². The molecule has 3 nitrogen and oxygen atoms in total. The van der Waals surface area contributed by atoms with E-state index in [4.69, 9.17) is 0 Å². The van der Waals surface area contributed by atoms with Crippen LogP contribution in [0.15, 0.2) is 0 Å². The minimum absolute atomic E-state index is 0. The maximum absolute atomic E-state index is 3.48. The molecule has 0 aliphatic heterocycles. The van der Waals surface area contributed by atoms with E-state index in [2.05, 4.69) is 49.3 Å². The SMILES string of the molecule is [CH2-]N([CH2-])CN([CH2-])[CH2-].[CH2-]N([CH2-])[CH2-].[Y].[Y].[Y].[Y].[Y].[Y].[Y]. The van der Waals surface area contributed by atoms with E-state index in [0.29, 0.717) is 6.67 Å². The Kier molecular flexibility index (Phi) is 138. The Morgan fingerprint density at radius 3 is 0.556 bits per heavy atom. The van der Waals surface area contributed by atoms with Crippen LogP contribution in [0.4, 0.5) is 0 Å². The first-order chi connectivity index (χ1) is 4.86. The third kappa shape index (κ3) is 89.6. The zero-order valence-corrected chi connectivity index (χ0v) is 30.9. The van der Waals surface area contributed by atoms with E-state index < -0.39 is 0 Å². The predicted molar refractivity (Wildman–Crippen MR) is 47.9 cm³/mol. The van der Waals surface area contributed by atoms with Crippen molar-refractivity contribution in [3.63, 3.8) is 0 Å². The molecule has 0 aromatic carbocycles. The molecule has 0 heterocycles. The molecule has 91 valence electrons. The first-order valence-electron chi connectivity index (χ1n) is 2.85. The second-order valence-electron chi connectivity index (χ2n) is 2.15. The molecule has 0 unspecified atom stereocenters. The Hall–Kier alpha value is 7.61. The van der Waals surface area contributed by atoms with Crippen molar-refractivity contribution in [1.29, 1.82) is 0 Å². The third-order valence-corrected chi connectivity index (χ3v) is 0.400. The Labute approximate surface area is 291 Å². The molecule has 18 heavy (non-hydrogen) atoms. The number of hydrogen-bond donors (Lipinski definition) is 0. The van der Waals surface area contributed by atoms with Gasteiger partial charge in [-0.2, -0.15) is 0 Å². The van der Waals surface area contributed by atoms with E-state index in [9.17, 15) is 0 Å². The molecule has 0 rings (SSSR count). The predicted octanol–water partition coefficient (Wildman–Crippen LogP) is 1.36. The van der Waals surface area contributed by atoms with Crippen LogP contribution < -0.4 is 0 Å². The van der Waals surface area contributed by atoms with E-state index >= 15 is 0 Å². The van der Waals surface area contributed by atoms with Crippen molar-refractivity contribution in [2.75, 3.05) is 6.67 Å². The molecule has 0 aromatic heterocycles. The molecule has 0 amide bonds. The van der Waals surface area contributed by atoms with Gasteiger partial charge in [-0.3, -0.25) is 0 Å². The van der Waals surface area contributed by atoms with Gasteiger partial charge in [0.25, 0.3) is 0 Å². The molecule has 0 saturated carbocycles. The smallest absolute Gasteiger partial charge is 0 e. The minimum Gasteiger partial charge on any atom is -0.770 e.